The van der Waals surface area contributed by atoms with E-state index in [1.807, 2.05) is 25.1 Å². The summed E-state index contributed by atoms with van der Waals surface area (Å²) in [4.78, 5) is 22.0. The van der Waals surface area contributed by atoms with Gasteiger partial charge in [0.25, 0.3) is 5.91 Å². The summed E-state index contributed by atoms with van der Waals surface area (Å²) < 4.78 is 25.7. The van der Waals surface area contributed by atoms with Gasteiger partial charge in [-0.15, -0.1) is 0 Å². The normalized spacial score (nSPS) is 14.6. The van der Waals surface area contributed by atoms with E-state index < -0.39 is 5.82 Å². The van der Waals surface area contributed by atoms with Crippen LogP contribution < -0.4 is 9.64 Å². The predicted octanol–water partition coefficient (Wildman–Crippen LogP) is 4.20. The highest BCUT2D eigenvalue weighted by atomic mass is 32.1. The minimum atomic E-state index is -0.426. The van der Waals surface area contributed by atoms with E-state index in [2.05, 4.69) is 9.88 Å². The summed E-state index contributed by atoms with van der Waals surface area (Å²) in [5, 5.41) is 0.611. The van der Waals surface area contributed by atoms with Crippen LogP contribution in [0.1, 0.15) is 23.7 Å². The Hall–Kier alpha value is -2.55. The van der Waals surface area contributed by atoms with Gasteiger partial charge in [-0.05, 0) is 49.7 Å². The number of benzene rings is 2. The molecule has 6 nitrogen and oxygen atoms in total. The monoisotopic (exact) mass is 443 g/mol. The molecule has 1 aromatic heterocycles. The highest BCUT2D eigenvalue weighted by Crippen LogP contribution is 2.32. The molecule has 1 amide bonds. The van der Waals surface area contributed by atoms with Crippen molar-refractivity contribution >= 4 is 32.6 Å². The van der Waals surface area contributed by atoms with Crippen LogP contribution in [0.25, 0.3) is 10.2 Å². The van der Waals surface area contributed by atoms with Crippen LogP contribution in [-0.4, -0.2) is 61.8 Å². The topological polar surface area (TPSA) is 54.9 Å². The molecule has 0 spiro atoms. The van der Waals surface area contributed by atoms with Crippen molar-refractivity contribution in [2.45, 2.75) is 13.3 Å². The number of carbonyl (C=O) groups excluding carboxylic acids is 1. The second kappa shape index (κ2) is 10.2. The lowest BCUT2D eigenvalue weighted by molar-refractivity contribution is 0.0376. The van der Waals surface area contributed by atoms with Gasteiger partial charge in [-0.3, -0.25) is 14.6 Å². The number of nitrogens with zero attached hydrogens (tertiary/aromatic N) is 3. The van der Waals surface area contributed by atoms with E-state index in [-0.39, 0.29) is 5.91 Å². The second-order valence-electron chi connectivity index (χ2n) is 7.33. The maximum Gasteiger partial charge on any atom is 0.260 e. The smallest absolute Gasteiger partial charge is 0.260 e. The van der Waals surface area contributed by atoms with Gasteiger partial charge < -0.3 is 9.47 Å². The first-order chi connectivity index (χ1) is 15.1. The summed E-state index contributed by atoms with van der Waals surface area (Å²) in [5.74, 6) is 0.107. The van der Waals surface area contributed by atoms with E-state index in [0.29, 0.717) is 23.8 Å². The minimum Gasteiger partial charge on any atom is -0.494 e. The Bertz CT molecular complexity index is 1040. The number of amides is 1. The van der Waals surface area contributed by atoms with E-state index in [1.54, 1.807) is 17.0 Å². The SMILES string of the molecule is CCOc1ccc2nc(N(CCCN3CCOCC3)C(=O)c3cccc(F)c3)sc2c1. The number of hydrogen-bond donors (Lipinski definition) is 0. The van der Waals surface area contributed by atoms with Crippen LogP contribution in [0.3, 0.4) is 0 Å². The molecule has 0 saturated carbocycles. The van der Waals surface area contributed by atoms with Crippen LogP contribution in [0.2, 0.25) is 0 Å². The Morgan fingerprint density at radius 1 is 1.26 bits per heavy atom. The van der Waals surface area contributed by atoms with E-state index in [9.17, 15) is 9.18 Å². The van der Waals surface area contributed by atoms with Crippen LogP contribution in [0.5, 0.6) is 5.75 Å². The molecule has 2 heterocycles. The van der Waals surface area contributed by atoms with Gasteiger partial charge in [0, 0.05) is 31.7 Å². The summed E-state index contributed by atoms with van der Waals surface area (Å²) in [7, 11) is 0. The Morgan fingerprint density at radius 2 is 2.10 bits per heavy atom. The average Bonchev–Trinajstić information content (AvgIpc) is 3.20. The van der Waals surface area contributed by atoms with Crippen LogP contribution in [0, 0.1) is 5.82 Å². The molecule has 4 rings (SSSR count). The summed E-state index contributed by atoms with van der Waals surface area (Å²) >= 11 is 1.45. The number of rotatable bonds is 8. The largest absolute Gasteiger partial charge is 0.494 e. The average molecular weight is 444 g/mol. The number of hydrogen-bond acceptors (Lipinski definition) is 6. The second-order valence-corrected chi connectivity index (χ2v) is 8.34. The molecule has 0 radical (unpaired) electrons. The number of carbonyl (C=O) groups is 1. The number of fused-ring (bicyclic) bond motifs is 1. The van der Waals surface area contributed by atoms with Crippen LogP contribution in [0.4, 0.5) is 9.52 Å². The quantitative estimate of drug-likeness (QED) is 0.522. The third-order valence-electron chi connectivity index (χ3n) is 5.17. The zero-order valence-electron chi connectivity index (χ0n) is 17.6. The van der Waals surface area contributed by atoms with Gasteiger partial charge in [0.1, 0.15) is 11.6 Å². The molecule has 0 N–H and O–H groups in total. The van der Waals surface area contributed by atoms with Crippen molar-refractivity contribution in [1.82, 2.24) is 9.88 Å². The Labute approximate surface area is 185 Å². The summed E-state index contributed by atoms with van der Waals surface area (Å²) in [6.45, 7) is 7.19. The Kier molecular flexibility index (Phi) is 7.11. The van der Waals surface area contributed by atoms with Crippen molar-refractivity contribution in [3.8, 4) is 5.75 Å². The maximum absolute atomic E-state index is 13.8. The van der Waals surface area contributed by atoms with Gasteiger partial charge >= 0.3 is 0 Å². The third-order valence-corrected chi connectivity index (χ3v) is 6.21. The predicted molar refractivity (Wildman–Crippen MR) is 121 cm³/mol. The Balaban J connectivity index is 1.57. The molecule has 31 heavy (non-hydrogen) atoms. The maximum atomic E-state index is 13.8. The van der Waals surface area contributed by atoms with E-state index in [4.69, 9.17) is 9.47 Å². The third kappa shape index (κ3) is 5.39. The van der Waals surface area contributed by atoms with Gasteiger partial charge in [0.05, 0.1) is 30.0 Å². The van der Waals surface area contributed by atoms with E-state index in [1.165, 1.54) is 23.5 Å². The summed E-state index contributed by atoms with van der Waals surface area (Å²) in [6.07, 6.45) is 0.793. The first-order valence-corrected chi connectivity index (χ1v) is 11.4. The van der Waals surface area contributed by atoms with Crippen molar-refractivity contribution < 1.29 is 18.7 Å². The molecule has 0 atom stereocenters. The highest BCUT2D eigenvalue weighted by Gasteiger charge is 2.22. The molecule has 1 saturated heterocycles. The van der Waals surface area contributed by atoms with Gasteiger partial charge in [0.15, 0.2) is 5.13 Å². The van der Waals surface area contributed by atoms with Crippen molar-refractivity contribution in [3.05, 3.63) is 53.8 Å². The van der Waals surface area contributed by atoms with Gasteiger partial charge in [-0.25, -0.2) is 9.37 Å². The molecule has 2 aromatic carbocycles. The number of halogens is 1. The van der Waals surface area contributed by atoms with Crippen molar-refractivity contribution in [2.24, 2.45) is 0 Å². The molecular weight excluding hydrogens is 417 g/mol. The lowest BCUT2D eigenvalue weighted by atomic mass is 10.2. The fraction of sp³-hybridized carbons (Fsp3) is 0.391. The molecule has 0 unspecified atom stereocenters. The van der Waals surface area contributed by atoms with Crippen LogP contribution in [0.15, 0.2) is 42.5 Å². The number of anilines is 1. The van der Waals surface area contributed by atoms with E-state index >= 15 is 0 Å². The summed E-state index contributed by atoms with van der Waals surface area (Å²) in [6, 6.07) is 11.5. The molecule has 0 aliphatic carbocycles. The number of thiazole rings is 1. The lowest BCUT2D eigenvalue weighted by Crippen LogP contribution is -2.39. The van der Waals surface area contributed by atoms with Crippen LogP contribution >= 0.6 is 11.3 Å². The van der Waals surface area contributed by atoms with Crippen molar-refractivity contribution in [3.63, 3.8) is 0 Å². The molecular formula is C23H26FN3O3S. The first-order valence-electron chi connectivity index (χ1n) is 10.5. The highest BCUT2D eigenvalue weighted by molar-refractivity contribution is 7.22. The fourth-order valence-corrected chi connectivity index (χ4v) is 4.62. The van der Waals surface area contributed by atoms with Crippen molar-refractivity contribution in [1.29, 1.82) is 0 Å². The molecule has 164 valence electrons. The van der Waals surface area contributed by atoms with Gasteiger partial charge in [0.2, 0.25) is 0 Å². The molecule has 3 aromatic rings. The molecule has 1 aliphatic rings. The van der Waals surface area contributed by atoms with Gasteiger partial charge in [-0.2, -0.15) is 0 Å². The van der Waals surface area contributed by atoms with E-state index in [0.717, 1.165) is 55.2 Å². The zero-order chi connectivity index (χ0) is 21.6. The Morgan fingerprint density at radius 3 is 2.87 bits per heavy atom. The lowest BCUT2D eigenvalue weighted by Gasteiger charge is -2.27. The first kappa shape index (κ1) is 21.7. The minimum absolute atomic E-state index is 0.245. The zero-order valence-corrected chi connectivity index (χ0v) is 18.4. The number of ether oxygens (including phenoxy) is 2. The number of aromatic nitrogens is 1. The molecule has 1 aliphatic heterocycles. The molecule has 0 bridgehead atoms. The van der Waals surface area contributed by atoms with Crippen LogP contribution in [-0.2, 0) is 4.74 Å². The summed E-state index contributed by atoms with van der Waals surface area (Å²) in [5.41, 5.74) is 1.13. The number of morpholine rings is 1. The molecule has 1 fully saturated rings. The molecule has 8 heteroatoms. The van der Waals surface area contributed by atoms with Crippen molar-refractivity contribution in [2.75, 3.05) is 50.9 Å². The van der Waals surface area contributed by atoms with Gasteiger partial charge in [-0.1, -0.05) is 17.4 Å². The fourth-order valence-electron chi connectivity index (χ4n) is 3.60. The standard InChI is InChI=1S/C23H26FN3O3S/c1-2-30-19-7-8-20-21(16-19)31-23(25-20)27(10-4-9-26-11-13-29-14-12-26)22(28)17-5-3-6-18(24)15-17/h3,5-8,15-16H,2,4,9-14H2,1H3.